The zero-order valence-corrected chi connectivity index (χ0v) is 12.0. The van der Waals surface area contributed by atoms with Crippen LogP contribution in [0.3, 0.4) is 0 Å². The molecule has 0 fully saturated rings. The van der Waals surface area contributed by atoms with Crippen LogP contribution in [0.15, 0.2) is 30.5 Å². The maximum absolute atomic E-state index is 12.9. The maximum atomic E-state index is 12.9. The molecule has 20 heavy (non-hydrogen) atoms. The van der Waals surface area contributed by atoms with E-state index in [9.17, 15) is 19.1 Å². The minimum atomic E-state index is -3.82. The standard InChI is InChI=1S/C12H15FNO5P/c1-3-18-20(17,19-4-2)12(9-14(15)16)10-5-7-11(13)8-6-10/h5-9H,3-4H2,1-2H3/b12-9+. The van der Waals surface area contributed by atoms with Crippen molar-refractivity contribution in [3.05, 3.63) is 52.0 Å². The Morgan fingerprint density at radius 3 is 2.20 bits per heavy atom. The molecule has 1 rings (SSSR count). The van der Waals surface area contributed by atoms with E-state index >= 15 is 0 Å². The van der Waals surface area contributed by atoms with E-state index in [2.05, 4.69) is 0 Å². The summed E-state index contributed by atoms with van der Waals surface area (Å²) in [6.45, 7) is 3.32. The Balaban J connectivity index is 3.34. The van der Waals surface area contributed by atoms with Gasteiger partial charge in [-0.3, -0.25) is 14.7 Å². The molecule has 0 radical (unpaired) electrons. The van der Waals surface area contributed by atoms with Gasteiger partial charge >= 0.3 is 7.60 Å². The Morgan fingerprint density at radius 2 is 1.80 bits per heavy atom. The Bertz CT molecular complexity index is 533. The second-order valence-corrected chi connectivity index (χ2v) is 5.63. The number of rotatable bonds is 7. The predicted octanol–water partition coefficient (Wildman–Crippen LogP) is 3.67. The molecule has 110 valence electrons. The summed E-state index contributed by atoms with van der Waals surface area (Å²) < 4.78 is 35.7. The molecule has 1 aromatic rings. The van der Waals surface area contributed by atoms with Crippen LogP contribution < -0.4 is 0 Å². The third-order valence-corrected chi connectivity index (χ3v) is 4.42. The summed E-state index contributed by atoms with van der Waals surface area (Å²) in [4.78, 5) is 9.98. The Kier molecular flexibility index (Phi) is 6.01. The zero-order valence-electron chi connectivity index (χ0n) is 11.1. The van der Waals surface area contributed by atoms with E-state index in [1.165, 1.54) is 12.1 Å². The van der Waals surface area contributed by atoms with Crippen molar-refractivity contribution in [1.29, 1.82) is 0 Å². The minimum Gasteiger partial charge on any atom is -0.305 e. The van der Waals surface area contributed by atoms with E-state index in [0.29, 0.717) is 6.20 Å². The van der Waals surface area contributed by atoms with Crippen LogP contribution in [0.25, 0.3) is 5.31 Å². The monoisotopic (exact) mass is 303 g/mol. The molecule has 0 atom stereocenters. The zero-order chi connectivity index (χ0) is 15.2. The van der Waals surface area contributed by atoms with Gasteiger partial charge in [-0.25, -0.2) is 4.39 Å². The van der Waals surface area contributed by atoms with E-state index in [1.54, 1.807) is 13.8 Å². The molecular formula is C12H15FNO5P. The molecule has 0 spiro atoms. The fraction of sp³-hybridized carbons (Fsp3) is 0.333. The van der Waals surface area contributed by atoms with Gasteiger partial charge in [0.2, 0.25) is 6.20 Å². The SMILES string of the molecule is CCOP(=O)(OCC)/C(=C/[N+](=O)[O-])c1ccc(F)cc1. The molecule has 0 heterocycles. The first-order chi connectivity index (χ1) is 9.42. The van der Waals surface area contributed by atoms with Crippen molar-refractivity contribution >= 4 is 12.9 Å². The Labute approximate surface area is 115 Å². The van der Waals surface area contributed by atoms with Crippen LogP contribution in [0.5, 0.6) is 0 Å². The first-order valence-electron chi connectivity index (χ1n) is 5.94. The molecular weight excluding hydrogens is 288 g/mol. The van der Waals surface area contributed by atoms with Gasteiger partial charge in [-0.2, -0.15) is 0 Å². The number of halogens is 1. The normalized spacial score (nSPS) is 12.4. The van der Waals surface area contributed by atoms with Crippen molar-refractivity contribution in [3.8, 4) is 0 Å². The number of nitrogens with zero attached hydrogens (tertiary/aromatic N) is 1. The number of hydrogen-bond donors (Lipinski definition) is 0. The lowest BCUT2D eigenvalue weighted by Crippen LogP contribution is -2.01. The molecule has 0 aliphatic heterocycles. The molecule has 0 N–H and O–H groups in total. The highest BCUT2D eigenvalue weighted by Crippen LogP contribution is 2.60. The number of benzene rings is 1. The third kappa shape index (κ3) is 4.23. The highest BCUT2D eigenvalue weighted by Gasteiger charge is 2.33. The van der Waals surface area contributed by atoms with E-state index in [1.807, 2.05) is 0 Å². The summed E-state index contributed by atoms with van der Waals surface area (Å²) in [6, 6.07) is 4.81. The largest absolute Gasteiger partial charge is 0.368 e. The predicted molar refractivity (Wildman–Crippen MR) is 72.2 cm³/mol. The molecule has 0 unspecified atom stereocenters. The first kappa shape index (κ1) is 16.5. The van der Waals surface area contributed by atoms with Crippen molar-refractivity contribution in [2.75, 3.05) is 13.2 Å². The second-order valence-electron chi connectivity index (χ2n) is 3.64. The van der Waals surface area contributed by atoms with Crippen LogP contribution in [0.1, 0.15) is 19.4 Å². The lowest BCUT2D eigenvalue weighted by Gasteiger charge is -2.18. The van der Waals surface area contributed by atoms with E-state index in [0.717, 1.165) is 12.1 Å². The second kappa shape index (κ2) is 7.28. The average Bonchev–Trinajstić information content (AvgIpc) is 2.37. The highest BCUT2D eigenvalue weighted by atomic mass is 31.2. The summed E-state index contributed by atoms with van der Waals surface area (Å²) in [5, 5.41) is 10.5. The van der Waals surface area contributed by atoms with Gasteiger partial charge in [-0.1, -0.05) is 12.1 Å². The molecule has 8 heteroatoms. The lowest BCUT2D eigenvalue weighted by molar-refractivity contribution is -0.401. The summed E-state index contributed by atoms with van der Waals surface area (Å²) in [6.07, 6.45) is 0.569. The Morgan fingerprint density at radius 1 is 1.30 bits per heavy atom. The van der Waals surface area contributed by atoms with Gasteiger partial charge < -0.3 is 9.05 Å². The van der Waals surface area contributed by atoms with Crippen LogP contribution in [-0.4, -0.2) is 18.1 Å². The molecule has 1 aromatic carbocycles. The molecule has 0 saturated carbocycles. The van der Waals surface area contributed by atoms with Gasteiger partial charge in [0.05, 0.1) is 18.1 Å². The van der Waals surface area contributed by atoms with Gasteiger partial charge in [0, 0.05) is 0 Å². The van der Waals surface area contributed by atoms with Crippen molar-refractivity contribution in [2.24, 2.45) is 0 Å². The average molecular weight is 303 g/mol. The van der Waals surface area contributed by atoms with E-state index in [4.69, 9.17) is 9.05 Å². The van der Waals surface area contributed by atoms with Crippen molar-refractivity contribution < 1.29 is 22.9 Å². The van der Waals surface area contributed by atoms with Crippen LogP contribution >= 0.6 is 7.60 Å². The first-order valence-corrected chi connectivity index (χ1v) is 7.48. The van der Waals surface area contributed by atoms with Gasteiger partial charge in [0.1, 0.15) is 11.1 Å². The van der Waals surface area contributed by atoms with Gasteiger partial charge in [0.25, 0.3) is 0 Å². The molecule has 0 aromatic heterocycles. The van der Waals surface area contributed by atoms with Crippen LogP contribution in [-0.2, 0) is 13.6 Å². The topological polar surface area (TPSA) is 78.7 Å². The van der Waals surface area contributed by atoms with E-state index in [-0.39, 0.29) is 24.1 Å². The number of nitro groups is 1. The maximum Gasteiger partial charge on any atom is 0.368 e. The smallest absolute Gasteiger partial charge is 0.305 e. The van der Waals surface area contributed by atoms with Crippen molar-refractivity contribution in [3.63, 3.8) is 0 Å². The van der Waals surface area contributed by atoms with Crippen LogP contribution in [0.4, 0.5) is 4.39 Å². The molecule has 0 aliphatic rings. The quantitative estimate of drug-likeness (QED) is 0.436. The summed E-state index contributed by atoms with van der Waals surface area (Å²) in [5.41, 5.74) is 0.216. The fourth-order valence-electron chi connectivity index (χ4n) is 1.54. The fourth-order valence-corrected chi connectivity index (χ4v) is 3.27. The lowest BCUT2D eigenvalue weighted by atomic mass is 10.2. The minimum absolute atomic E-state index is 0.0630. The molecule has 0 amide bonds. The third-order valence-electron chi connectivity index (χ3n) is 2.26. The van der Waals surface area contributed by atoms with Crippen LogP contribution in [0, 0.1) is 15.9 Å². The molecule has 0 bridgehead atoms. The Hall–Kier alpha value is -1.56. The van der Waals surface area contributed by atoms with Crippen molar-refractivity contribution in [2.45, 2.75) is 13.8 Å². The highest BCUT2D eigenvalue weighted by molar-refractivity contribution is 7.65. The van der Waals surface area contributed by atoms with Crippen LogP contribution in [0.2, 0.25) is 0 Å². The van der Waals surface area contributed by atoms with Gasteiger partial charge in [0.15, 0.2) is 0 Å². The molecule has 0 aliphatic carbocycles. The molecule has 0 saturated heterocycles. The van der Waals surface area contributed by atoms with Gasteiger partial charge in [-0.05, 0) is 31.5 Å². The summed E-state index contributed by atoms with van der Waals surface area (Å²) >= 11 is 0. The van der Waals surface area contributed by atoms with Gasteiger partial charge in [-0.15, -0.1) is 0 Å². The molecule has 6 nitrogen and oxygen atoms in total. The number of hydrogen-bond acceptors (Lipinski definition) is 5. The summed E-state index contributed by atoms with van der Waals surface area (Å²) in [5.74, 6) is -0.503. The van der Waals surface area contributed by atoms with Crippen molar-refractivity contribution in [1.82, 2.24) is 0 Å². The van der Waals surface area contributed by atoms with E-state index < -0.39 is 18.3 Å². The summed E-state index contributed by atoms with van der Waals surface area (Å²) in [7, 11) is -3.82.